The average Bonchev–Trinajstić information content (AvgIpc) is 1.94. The Hall–Kier alpha value is -0.0800. The van der Waals surface area contributed by atoms with Crippen LogP contribution in [0.25, 0.3) is 0 Å². The zero-order valence-corrected chi connectivity index (χ0v) is 9.54. The largest absolute Gasteiger partial charge is 0.392 e. The molecule has 1 N–H and O–H groups in total. The molecule has 0 spiro atoms. The summed E-state index contributed by atoms with van der Waals surface area (Å²) in [5, 5.41) is 9.69. The molecule has 2 heteroatoms. The van der Waals surface area contributed by atoms with E-state index in [0.717, 1.165) is 13.0 Å². The fourth-order valence-corrected chi connectivity index (χ4v) is 2.29. The molecule has 1 heterocycles. The van der Waals surface area contributed by atoms with E-state index in [0.29, 0.717) is 12.0 Å². The van der Waals surface area contributed by atoms with Gasteiger partial charge in [-0.1, -0.05) is 6.92 Å². The molecule has 0 saturated carbocycles. The summed E-state index contributed by atoms with van der Waals surface area (Å²) < 4.78 is 0. The number of aliphatic hydroxyl groups is 1. The number of likely N-dealkylation sites (tertiary alicyclic amines) is 1. The van der Waals surface area contributed by atoms with Crippen LogP contribution >= 0.6 is 0 Å². The van der Waals surface area contributed by atoms with Gasteiger partial charge in [0.2, 0.25) is 0 Å². The minimum Gasteiger partial charge on any atom is -0.392 e. The van der Waals surface area contributed by atoms with Crippen molar-refractivity contribution < 1.29 is 5.11 Å². The second kappa shape index (κ2) is 3.58. The van der Waals surface area contributed by atoms with E-state index < -0.39 is 0 Å². The fraction of sp³-hybridized carbons (Fsp3) is 1.00. The van der Waals surface area contributed by atoms with Gasteiger partial charge < -0.3 is 5.11 Å². The highest BCUT2D eigenvalue weighted by Crippen LogP contribution is 2.29. The number of hydrogen-bond acceptors (Lipinski definition) is 2. The molecule has 0 amide bonds. The van der Waals surface area contributed by atoms with E-state index in [9.17, 15) is 5.11 Å². The molecule has 1 aliphatic heterocycles. The van der Waals surface area contributed by atoms with Crippen LogP contribution in [0.3, 0.4) is 0 Å². The van der Waals surface area contributed by atoms with Crippen LogP contribution in [-0.4, -0.2) is 34.2 Å². The van der Waals surface area contributed by atoms with Crippen LogP contribution in [0.2, 0.25) is 0 Å². The normalized spacial score (nSPS) is 37.8. The van der Waals surface area contributed by atoms with Crippen molar-refractivity contribution >= 4 is 0 Å². The zero-order chi connectivity index (χ0) is 10.2. The molecule has 0 aromatic rings. The number of rotatable bonds is 0. The Bertz CT molecular complexity index is 173. The molecule has 1 aliphatic rings. The van der Waals surface area contributed by atoms with E-state index in [1.54, 1.807) is 0 Å². The molecule has 0 aliphatic carbocycles. The molecule has 13 heavy (non-hydrogen) atoms. The van der Waals surface area contributed by atoms with E-state index in [4.69, 9.17) is 0 Å². The van der Waals surface area contributed by atoms with Gasteiger partial charge in [-0.3, -0.25) is 4.90 Å². The lowest BCUT2D eigenvalue weighted by Gasteiger charge is -2.47. The van der Waals surface area contributed by atoms with Gasteiger partial charge in [-0.05, 0) is 40.0 Å². The number of piperidine rings is 1. The molecule has 0 radical (unpaired) electrons. The lowest BCUT2D eigenvalue weighted by Crippen LogP contribution is -2.56. The first-order valence-electron chi connectivity index (χ1n) is 5.27. The molecule has 0 unspecified atom stereocenters. The molecule has 0 aromatic heterocycles. The Morgan fingerprint density at radius 1 is 1.23 bits per heavy atom. The Labute approximate surface area is 81.9 Å². The fourth-order valence-electron chi connectivity index (χ4n) is 2.29. The quantitative estimate of drug-likeness (QED) is 0.623. The van der Waals surface area contributed by atoms with Crippen LogP contribution in [0.15, 0.2) is 0 Å². The van der Waals surface area contributed by atoms with Gasteiger partial charge in [0.05, 0.1) is 6.10 Å². The summed E-state index contributed by atoms with van der Waals surface area (Å²) in [6.45, 7) is 12.0. The highest BCUT2D eigenvalue weighted by Gasteiger charge is 2.35. The summed E-state index contributed by atoms with van der Waals surface area (Å²) in [5.74, 6) is 0.600. The predicted molar refractivity (Wildman–Crippen MR) is 55.7 cm³/mol. The van der Waals surface area contributed by atoms with Gasteiger partial charge in [-0.15, -0.1) is 0 Å². The van der Waals surface area contributed by atoms with Gasteiger partial charge >= 0.3 is 0 Å². The molecule has 78 valence electrons. The van der Waals surface area contributed by atoms with E-state index in [-0.39, 0.29) is 11.6 Å². The van der Waals surface area contributed by atoms with Crippen LogP contribution in [0.5, 0.6) is 0 Å². The van der Waals surface area contributed by atoms with E-state index in [1.165, 1.54) is 0 Å². The molecule has 1 rings (SSSR count). The topological polar surface area (TPSA) is 23.5 Å². The maximum Gasteiger partial charge on any atom is 0.0670 e. The minimum atomic E-state index is -0.134. The van der Waals surface area contributed by atoms with E-state index >= 15 is 0 Å². The lowest BCUT2D eigenvalue weighted by atomic mass is 9.86. The monoisotopic (exact) mass is 185 g/mol. The Morgan fingerprint density at radius 3 is 2.23 bits per heavy atom. The third kappa shape index (κ3) is 2.44. The van der Waals surface area contributed by atoms with Crippen LogP contribution in [0, 0.1) is 5.92 Å². The molecule has 2 nitrogen and oxygen atoms in total. The molecule has 0 bridgehead atoms. The predicted octanol–water partition coefficient (Wildman–Crippen LogP) is 1.88. The van der Waals surface area contributed by atoms with Crippen LogP contribution < -0.4 is 0 Å². The summed E-state index contributed by atoms with van der Waals surface area (Å²) >= 11 is 0. The van der Waals surface area contributed by atoms with Gasteiger partial charge in [0.25, 0.3) is 0 Å². The molecular weight excluding hydrogens is 162 g/mol. The van der Waals surface area contributed by atoms with Crippen molar-refractivity contribution in [1.82, 2.24) is 4.90 Å². The summed E-state index contributed by atoms with van der Waals surface area (Å²) in [7, 11) is 0. The number of β-amino-alcohol motifs (C(OH)–C–C–N with tert-alkyl or cyclic N) is 1. The van der Waals surface area contributed by atoms with Crippen molar-refractivity contribution in [2.75, 3.05) is 6.54 Å². The van der Waals surface area contributed by atoms with Crippen molar-refractivity contribution in [3.8, 4) is 0 Å². The van der Waals surface area contributed by atoms with Crippen molar-refractivity contribution in [1.29, 1.82) is 0 Å². The summed E-state index contributed by atoms with van der Waals surface area (Å²) in [5.41, 5.74) is 0.176. The summed E-state index contributed by atoms with van der Waals surface area (Å²) in [6.07, 6.45) is 0.818. The highest BCUT2D eigenvalue weighted by atomic mass is 16.3. The Morgan fingerprint density at radius 2 is 1.77 bits per heavy atom. The molecule has 1 fully saturated rings. The first kappa shape index (κ1) is 11.0. The average molecular weight is 185 g/mol. The third-order valence-corrected chi connectivity index (χ3v) is 3.23. The van der Waals surface area contributed by atoms with Crippen molar-refractivity contribution in [2.45, 2.75) is 58.7 Å². The van der Waals surface area contributed by atoms with Gasteiger partial charge in [-0.25, -0.2) is 0 Å². The Balaban J connectivity index is 2.72. The maximum atomic E-state index is 9.69. The van der Waals surface area contributed by atoms with E-state index in [2.05, 4.69) is 39.5 Å². The number of hydrogen-bond donors (Lipinski definition) is 1. The van der Waals surface area contributed by atoms with Gasteiger partial charge in [-0.2, -0.15) is 0 Å². The summed E-state index contributed by atoms with van der Waals surface area (Å²) in [6, 6.07) is 0.586. The first-order chi connectivity index (χ1) is 5.82. The molecule has 1 saturated heterocycles. The highest BCUT2D eigenvalue weighted by molar-refractivity contribution is 4.90. The van der Waals surface area contributed by atoms with Crippen molar-refractivity contribution in [3.63, 3.8) is 0 Å². The first-order valence-corrected chi connectivity index (χ1v) is 5.27. The van der Waals surface area contributed by atoms with Gasteiger partial charge in [0.15, 0.2) is 0 Å². The second-order valence-corrected chi connectivity index (χ2v) is 5.43. The zero-order valence-electron chi connectivity index (χ0n) is 9.54. The Kier molecular flexibility index (Phi) is 3.03. The van der Waals surface area contributed by atoms with Crippen LogP contribution in [0.4, 0.5) is 0 Å². The van der Waals surface area contributed by atoms with E-state index in [1.807, 2.05) is 0 Å². The molecule has 3 atom stereocenters. The van der Waals surface area contributed by atoms with Crippen LogP contribution in [0.1, 0.15) is 41.0 Å². The maximum absolute atomic E-state index is 9.69. The summed E-state index contributed by atoms with van der Waals surface area (Å²) in [4.78, 5) is 2.41. The number of aliphatic hydroxyl groups excluding tert-OH is 1. The molecule has 0 aromatic carbocycles. The third-order valence-electron chi connectivity index (χ3n) is 3.23. The standard InChI is InChI=1S/C11H23NO/c1-8-6-10(13)7-12(9(8)2)11(3,4)5/h8-10,13H,6-7H2,1-5H3/t8-,9-,10+/m1/s1. The SMILES string of the molecule is C[C@@H]1C[C@H](O)CN(C(C)(C)C)[C@@H]1C. The van der Waals surface area contributed by atoms with Gasteiger partial charge in [0, 0.05) is 18.1 Å². The second-order valence-electron chi connectivity index (χ2n) is 5.43. The van der Waals surface area contributed by atoms with Crippen LogP contribution in [-0.2, 0) is 0 Å². The minimum absolute atomic E-state index is 0.134. The van der Waals surface area contributed by atoms with Gasteiger partial charge in [0.1, 0.15) is 0 Å². The smallest absolute Gasteiger partial charge is 0.0670 e. The van der Waals surface area contributed by atoms with Crippen molar-refractivity contribution in [3.05, 3.63) is 0 Å². The van der Waals surface area contributed by atoms with Crippen molar-refractivity contribution in [2.24, 2.45) is 5.92 Å². The lowest BCUT2D eigenvalue weighted by molar-refractivity contribution is -0.0364. The molecular formula is C11H23NO. The number of nitrogens with zero attached hydrogens (tertiary/aromatic N) is 1.